The third-order valence-corrected chi connectivity index (χ3v) is 2.25. The molecule has 0 aromatic rings. The molecule has 1 nitrogen and oxygen atoms in total. The van der Waals surface area contributed by atoms with Crippen LogP contribution in [0.5, 0.6) is 0 Å². The van der Waals surface area contributed by atoms with Crippen LogP contribution in [-0.4, -0.2) is 5.78 Å². The maximum Gasteiger partial charge on any atom is 0.158 e. The van der Waals surface area contributed by atoms with Gasteiger partial charge in [0.25, 0.3) is 0 Å². The summed E-state index contributed by atoms with van der Waals surface area (Å²) in [6.07, 6.45) is 3.70. The van der Waals surface area contributed by atoms with Crippen molar-refractivity contribution in [2.24, 2.45) is 11.8 Å². The number of hydrogen-bond acceptors (Lipinski definition) is 1. The molecule has 0 aliphatic heterocycles. The molecule has 0 aromatic carbocycles. The predicted octanol–water partition coefficient (Wildman–Crippen LogP) is 2.81. The molecule has 0 aliphatic carbocycles. The highest BCUT2D eigenvalue weighted by Gasteiger charge is 2.16. The molecule has 11 heavy (non-hydrogen) atoms. The number of rotatable bonds is 5. The van der Waals surface area contributed by atoms with Crippen molar-refractivity contribution >= 4 is 5.78 Å². The summed E-state index contributed by atoms with van der Waals surface area (Å²) >= 11 is 0. The molecule has 0 heterocycles. The van der Waals surface area contributed by atoms with Crippen molar-refractivity contribution in [3.63, 3.8) is 0 Å². The van der Waals surface area contributed by atoms with Crippen LogP contribution in [0.15, 0.2) is 12.7 Å². The van der Waals surface area contributed by atoms with Crippen molar-refractivity contribution < 1.29 is 4.79 Å². The van der Waals surface area contributed by atoms with Crippen LogP contribution in [0.1, 0.15) is 33.6 Å². The van der Waals surface area contributed by atoms with E-state index in [2.05, 4.69) is 20.4 Å². The third-order valence-electron chi connectivity index (χ3n) is 2.25. The summed E-state index contributed by atoms with van der Waals surface area (Å²) in [5.41, 5.74) is 0. The second kappa shape index (κ2) is 5.11. The van der Waals surface area contributed by atoms with Gasteiger partial charge in [-0.2, -0.15) is 0 Å². The standard InChI is InChI=1S/C10H18O/c1-5-7-8(3)9(4)10(11)6-2/h6,8-9H,2,5,7H2,1,3-4H3. The number of ketones is 1. The van der Waals surface area contributed by atoms with E-state index < -0.39 is 0 Å². The summed E-state index contributed by atoms with van der Waals surface area (Å²) in [7, 11) is 0. The maximum atomic E-state index is 11.1. The van der Waals surface area contributed by atoms with E-state index in [9.17, 15) is 4.79 Å². The van der Waals surface area contributed by atoms with Crippen molar-refractivity contribution in [2.75, 3.05) is 0 Å². The Morgan fingerprint density at radius 2 is 2.09 bits per heavy atom. The minimum absolute atomic E-state index is 0.146. The molecule has 0 aliphatic rings. The maximum absolute atomic E-state index is 11.1. The number of allylic oxidation sites excluding steroid dienone is 1. The SMILES string of the molecule is C=CC(=O)C(C)C(C)CCC. The summed E-state index contributed by atoms with van der Waals surface area (Å²) < 4.78 is 0. The smallest absolute Gasteiger partial charge is 0.158 e. The van der Waals surface area contributed by atoms with Crippen molar-refractivity contribution in [3.8, 4) is 0 Å². The highest BCUT2D eigenvalue weighted by Crippen LogP contribution is 2.17. The van der Waals surface area contributed by atoms with Crippen molar-refractivity contribution in [1.29, 1.82) is 0 Å². The normalized spacial score (nSPS) is 15.5. The van der Waals surface area contributed by atoms with Gasteiger partial charge < -0.3 is 0 Å². The van der Waals surface area contributed by atoms with E-state index in [1.54, 1.807) is 0 Å². The van der Waals surface area contributed by atoms with Gasteiger partial charge >= 0.3 is 0 Å². The fourth-order valence-corrected chi connectivity index (χ4v) is 1.17. The zero-order chi connectivity index (χ0) is 8.85. The van der Waals surface area contributed by atoms with Crippen LogP contribution < -0.4 is 0 Å². The minimum Gasteiger partial charge on any atom is -0.295 e. The average Bonchev–Trinajstić information content (AvgIpc) is 2.02. The highest BCUT2D eigenvalue weighted by atomic mass is 16.1. The van der Waals surface area contributed by atoms with Gasteiger partial charge in [-0.15, -0.1) is 0 Å². The molecule has 2 unspecified atom stereocenters. The summed E-state index contributed by atoms with van der Waals surface area (Å²) in [4.78, 5) is 11.1. The lowest BCUT2D eigenvalue weighted by Gasteiger charge is -2.15. The van der Waals surface area contributed by atoms with Crippen LogP contribution in [0.4, 0.5) is 0 Å². The molecular weight excluding hydrogens is 136 g/mol. The van der Waals surface area contributed by atoms with Gasteiger partial charge in [0, 0.05) is 5.92 Å². The number of carbonyl (C=O) groups excluding carboxylic acids is 1. The van der Waals surface area contributed by atoms with Crippen LogP contribution in [-0.2, 0) is 4.79 Å². The molecule has 0 saturated heterocycles. The molecule has 0 N–H and O–H groups in total. The molecule has 0 rings (SSSR count). The van der Waals surface area contributed by atoms with Crippen molar-refractivity contribution in [2.45, 2.75) is 33.6 Å². The molecule has 0 fully saturated rings. The van der Waals surface area contributed by atoms with Gasteiger partial charge in [0.2, 0.25) is 0 Å². The van der Waals surface area contributed by atoms with Gasteiger partial charge in [-0.05, 0) is 12.0 Å². The number of hydrogen-bond donors (Lipinski definition) is 0. The van der Waals surface area contributed by atoms with Gasteiger partial charge in [0.15, 0.2) is 5.78 Å². The largest absolute Gasteiger partial charge is 0.295 e. The predicted molar refractivity (Wildman–Crippen MR) is 48.4 cm³/mol. The summed E-state index contributed by atoms with van der Waals surface area (Å²) in [6.45, 7) is 9.71. The Morgan fingerprint density at radius 1 is 1.55 bits per heavy atom. The Kier molecular flexibility index (Phi) is 4.84. The molecular formula is C10H18O. The van der Waals surface area contributed by atoms with E-state index in [-0.39, 0.29) is 11.7 Å². The first kappa shape index (κ1) is 10.4. The average molecular weight is 154 g/mol. The first-order valence-corrected chi connectivity index (χ1v) is 4.29. The summed E-state index contributed by atoms with van der Waals surface area (Å²) in [6, 6.07) is 0. The molecule has 0 amide bonds. The summed E-state index contributed by atoms with van der Waals surface area (Å²) in [5, 5.41) is 0. The lowest BCUT2D eigenvalue weighted by molar-refractivity contribution is -0.119. The fraction of sp³-hybridized carbons (Fsp3) is 0.700. The molecule has 64 valence electrons. The van der Waals surface area contributed by atoms with E-state index in [0.717, 1.165) is 12.8 Å². The third kappa shape index (κ3) is 3.35. The fourth-order valence-electron chi connectivity index (χ4n) is 1.17. The molecule has 0 bridgehead atoms. The number of carbonyl (C=O) groups is 1. The minimum atomic E-state index is 0.146. The molecule has 0 saturated carbocycles. The molecule has 0 aromatic heterocycles. The van der Waals surface area contributed by atoms with Crippen LogP contribution in [0.25, 0.3) is 0 Å². The second-order valence-electron chi connectivity index (χ2n) is 3.16. The first-order chi connectivity index (χ1) is 5.13. The van der Waals surface area contributed by atoms with Gasteiger partial charge in [0.05, 0.1) is 0 Å². The quantitative estimate of drug-likeness (QED) is 0.556. The van der Waals surface area contributed by atoms with E-state index in [0.29, 0.717) is 5.92 Å². The first-order valence-electron chi connectivity index (χ1n) is 4.29. The van der Waals surface area contributed by atoms with Crippen LogP contribution in [0.2, 0.25) is 0 Å². The van der Waals surface area contributed by atoms with Gasteiger partial charge in [0.1, 0.15) is 0 Å². The zero-order valence-electron chi connectivity index (χ0n) is 7.76. The zero-order valence-corrected chi connectivity index (χ0v) is 7.76. The van der Waals surface area contributed by atoms with Crippen LogP contribution >= 0.6 is 0 Å². The molecule has 1 heteroatoms. The second-order valence-corrected chi connectivity index (χ2v) is 3.16. The van der Waals surface area contributed by atoms with Crippen LogP contribution in [0, 0.1) is 11.8 Å². The Morgan fingerprint density at radius 3 is 2.45 bits per heavy atom. The van der Waals surface area contributed by atoms with E-state index in [1.165, 1.54) is 6.08 Å². The van der Waals surface area contributed by atoms with Crippen molar-refractivity contribution in [3.05, 3.63) is 12.7 Å². The lowest BCUT2D eigenvalue weighted by Crippen LogP contribution is -2.16. The van der Waals surface area contributed by atoms with Gasteiger partial charge in [-0.1, -0.05) is 40.2 Å². The van der Waals surface area contributed by atoms with Gasteiger partial charge in [-0.25, -0.2) is 0 Å². The van der Waals surface area contributed by atoms with E-state index in [4.69, 9.17) is 0 Å². The van der Waals surface area contributed by atoms with E-state index >= 15 is 0 Å². The highest BCUT2D eigenvalue weighted by molar-refractivity contribution is 5.91. The molecule has 0 radical (unpaired) electrons. The Balaban J connectivity index is 3.89. The molecule has 0 spiro atoms. The monoisotopic (exact) mass is 154 g/mol. The summed E-state index contributed by atoms with van der Waals surface area (Å²) in [5.74, 6) is 0.809. The lowest BCUT2D eigenvalue weighted by atomic mass is 9.88. The van der Waals surface area contributed by atoms with E-state index in [1.807, 2.05) is 6.92 Å². The van der Waals surface area contributed by atoms with Crippen LogP contribution in [0.3, 0.4) is 0 Å². The Hall–Kier alpha value is -0.590. The topological polar surface area (TPSA) is 17.1 Å². The Bertz CT molecular complexity index is 138. The van der Waals surface area contributed by atoms with Crippen molar-refractivity contribution in [1.82, 2.24) is 0 Å². The molecule has 2 atom stereocenters. The van der Waals surface area contributed by atoms with Gasteiger partial charge in [-0.3, -0.25) is 4.79 Å². The Labute approximate surface area is 69.5 Å².